The van der Waals surface area contributed by atoms with Crippen LogP contribution in [0.25, 0.3) is 10.9 Å². The van der Waals surface area contributed by atoms with E-state index in [9.17, 15) is 9.59 Å². The van der Waals surface area contributed by atoms with Gasteiger partial charge in [-0.1, -0.05) is 6.07 Å². The van der Waals surface area contributed by atoms with Gasteiger partial charge in [0.25, 0.3) is 5.91 Å². The zero-order chi connectivity index (χ0) is 18.3. The number of benzene rings is 1. The van der Waals surface area contributed by atoms with Gasteiger partial charge in [-0.05, 0) is 50.1 Å². The summed E-state index contributed by atoms with van der Waals surface area (Å²) in [6.07, 6.45) is 0. The number of aromatic amines is 1. The summed E-state index contributed by atoms with van der Waals surface area (Å²) in [5.41, 5.74) is 3.84. The van der Waals surface area contributed by atoms with Crippen LogP contribution in [-0.4, -0.2) is 33.9 Å². The van der Waals surface area contributed by atoms with Crippen molar-refractivity contribution in [1.82, 2.24) is 9.88 Å². The van der Waals surface area contributed by atoms with Crippen LogP contribution in [0.1, 0.15) is 43.5 Å². The van der Waals surface area contributed by atoms with Gasteiger partial charge in [0.2, 0.25) is 0 Å². The molecule has 3 aromatic rings. The van der Waals surface area contributed by atoms with E-state index >= 15 is 0 Å². The average molecular weight is 340 g/mol. The smallest absolute Gasteiger partial charge is 0.339 e. The second kappa shape index (κ2) is 6.12. The summed E-state index contributed by atoms with van der Waals surface area (Å²) in [6, 6.07) is 7.29. The molecular weight excluding hydrogens is 320 g/mol. The molecule has 1 aromatic carbocycles. The molecule has 2 aromatic heterocycles. The number of hydrogen-bond acceptors (Lipinski definition) is 3. The largest absolute Gasteiger partial charge is 0.478 e. The minimum Gasteiger partial charge on any atom is -0.478 e. The van der Waals surface area contributed by atoms with Crippen molar-refractivity contribution in [3.63, 3.8) is 0 Å². The number of rotatable bonds is 4. The molecule has 6 nitrogen and oxygen atoms in total. The third-order valence-electron chi connectivity index (χ3n) is 4.51. The van der Waals surface area contributed by atoms with E-state index in [1.807, 2.05) is 32.0 Å². The van der Waals surface area contributed by atoms with E-state index in [1.54, 1.807) is 14.0 Å². The Bertz CT molecular complexity index is 981. The van der Waals surface area contributed by atoms with Crippen molar-refractivity contribution < 1.29 is 19.1 Å². The summed E-state index contributed by atoms with van der Waals surface area (Å²) < 4.78 is 5.44. The maximum atomic E-state index is 12.7. The summed E-state index contributed by atoms with van der Waals surface area (Å²) in [7, 11) is 1.66. The number of nitrogens with zero attached hydrogens (tertiary/aromatic N) is 1. The second-order valence-corrected chi connectivity index (χ2v) is 6.30. The van der Waals surface area contributed by atoms with Gasteiger partial charge in [0.1, 0.15) is 22.8 Å². The average Bonchev–Trinajstić information content (AvgIpc) is 3.14. The third kappa shape index (κ3) is 3.03. The van der Waals surface area contributed by atoms with Crippen molar-refractivity contribution >= 4 is 22.8 Å². The molecule has 1 amide bonds. The molecule has 0 radical (unpaired) electrons. The lowest BCUT2D eigenvalue weighted by molar-refractivity contribution is 0.0694. The second-order valence-electron chi connectivity index (χ2n) is 6.30. The minimum atomic E-state index is -1.04. The SMILES string of the molecule is Cc1ccc2[nH]c(C(=O)N(C)Cc3cc(C(=O)O)c(C)o3)cc2c1C. The van der Waals surface area contributed by atoms with E-state index in [1.165, 1.54) is 16.5 Å². The number of fused-ring (bicyclic) bond motifs is 1. The number of amides is 1. The van der Waals surface area contributed by atoms with E-state index in [-0.39, 0.29) is 18.0 Å². The molecule has 0 atom stereocenters. The van der Waals surface area contributed by atoms with Crippen LogP contribution >= 0.6 is 0 Å². The summed E-state index contributed by atoms with van der Waals surface area (Å²) >= 11 is 0. The highest BCUT2D eigenvalue weighted by atomic mass is 16.4. The van der Waals surface area contributed by atoms with Crippen LogP contribution in [0.5, 0.6) is 0 Å². The summed E-state index contributed by atoms with van der Waals surface area (Å²) in [5, 5.41) is 10.1. The Morgan fingerprint density at radius 2 is 1.92 bits per heavy atom. The molecule has 0 bridgehead atoms. The molecule has 3 rings (SSSR count). The predicted molar refractivity (Wildman–Crippen MR) is 94.0 cm³/mol. The fourth-order valence-electron chi connectivity index (χ4n) is 2.92. The lowest BCUT2D eigenvalue weighted by Crippen LogP contribution is -2.26. The van der Waals surface area contributed by atoms with Crippen molar-refractivity contribution in [2.45, 2.75) is 27.3 Å². The Labute approximate surface area is 145 Å². The molecular formula is C19H20N2O4. The molecule has 0 unspecified atom stereocenters. The van der Waals surface area contributed by atoms with Gasteiger partial charge < -0.3 is 19.4 Å². The molecule has 0 fully saturated rings. The molecule has 6 heteroatoms. The molecule has 0 aliphatic rings. The fourth-order valence-corrected chi connectivity index (χ4v) is 2.92. The molecule has 0 aliphatic heterocycles. The fraction of sp³-hybridized carbons (Fsp3) is 0.263. The zero-order valence-electron chi connectivity index (χ0n) is 14.6. The monoisotopic (exact) mass is 340 g/mol. The first-order valence-electron chi connectivity index (χ1n) is 7.95. The Hall–Kier alpha value is -3.02. The maximum Gasteiger partial charge on any atom is 0.339 e. The van der Waals surface area contributed by atoms with Gasteiger partial charge >= 0.3 is 5.97 Å². The van der Waals surface area contributed by atoms with Gasteiger partial charge in [0, 0.05) is 18.0 Å². The number of carbonyl (C=O) groups is 2. The van der Waals surface area contributed by atoms with E-state index in [0.717, 1.165) is 16.5 Å². The molecule has 0 aliphatic carbocycles. The van der Waals surface area contributed by atoms with Crippen molar-refractivity contribution in [2.24, 2.45) is 0 Å². The number of aromatic carboxylic acids is 1. The number of furan rings is 1. The van der Waals surface area contributed by atoms with E-state index in [4.69, 9.17) is 9.52 Å². The van der Waals surface area contributed by atoms with E-state index in [0.29, 0.717) is 17.2 Å². The molecule has 2 N–H and O–H groups in total. The number of carboxylic acids is 1. The minimum absolute atomic E-state index is 0.118. The number of nitrogens with one attached hydrogen (secondary N) is 1. The van der Waals surface area contributed by atoms with Gasteiger partial charge in [0.15, 0.2) is 0 Å². The third-order valence-corrected chi connectivity index (χ3v) is 4.51. The summed E-state index contributed by atoms with van der Waals surface area (Å²) in [5.74, 6) is -0.448. The lowest BCUT2D eigenvalue weighted by atomic mass is 10.1. The topological polar surface area (TPSA) is 86.5 Å². The summed E-state index contributed by atoms with van der Waals surface area (Å²) in [6.45, 7) is 5.86. The van der Waals surface area contributed by atoms with Crippen LogP contribution in [0.4, 0.5) is 0 Å². The first-order valence-corrected chi connectivity index (χ1v) is 7.95. The molecule has 0 saturated carbocycles. The highest BCUT2D eigenvalue weighted by Crippen LogP contribution is 2.23. The number of carbonyl (C=O) groups excluding carboxylic acids is 1. The molecule has 25 heavy (non-hydrogen) atoms. The zero-order valence-corrected chi connectivity index (χ0v) is 14.6. The Morgan fingerprint density at radius 1 is 1.20 bits per heavy atom. The van der Waals surface area contributed by atoms with Crippen LogP contribution < -0.4 is 0 Å². The summed E-state index contributed by atoms with van der Waals surface area (Å²) in [4.78, 5) is 28.4. The number of H-pyrrole nitrogens is 1. The van der Waals surface area contributed by atoms with Crippen molar-refractivity contribution in [3.05, 3.63) is 58.2 Å². The van der Waals surface area contributed by atoms with Crippen molar-refractivity contribution in [3.8, 4) is 0 Å². The highest BCUT2D eigenvalue weighted by Gasteiger charge is 2.19. The predicted octanol–water partition coefficient (Wildman–Crippen LogP) is 3.66. The van der Waals surface area contributed by atoms with Gasteiger partial charge in [-0.25, -0.2) is 4.79 Å². The highest BCUT2D eigenvalue weighted by molar-refractivity contribution is 5.99. The van der Waals surface area contributed by atoms with E-state index in [2.05, 4.69) is 4.98 Å². The van der Waals surface area contributed by atoms with Crippen LogP contribution in [0, 0.1) is 20.8 Å². The van der Waals surface area contributed by atoms with Crippen LogP contribution in [-0.2, 0) is 6.54 Å². The first-order chi connectivity index (χ1) is 11.8. The molecule has 0 saturated heterocycles. The number of carboxylic acid groups (broad SMARTS) is 1. The normalized spacial score (nSPS) is 11.0. The van der Waals surface area contributed by atoms with Crippen LogP contribution in [0.3, 0.4) is 0 Å². The molecule has 130 valence electrons. The van der Waals surface area contributed by atoms with E-state index < -0.39 is 5.97 Å². The van der Waals surface area contributed by atoms with Crippen LogP contribution in [0.2, 0.25) is 0 Å². The molecule has 2 heterocycles. The van der Waals surface area contributed by atoms with Gasteiger partial charge in [-0.15, -0.1) is 0 Å². The van der Waals surface area contributed by atoms with Gasteiger partial charge in [-0.3, -0.25) is 4.79 Å². The standard InChI is InChI=1S/C19H20N2O4/c1-10-5-6-16-14(11(10)2)8-17(20-16)18(22)21(4)9-13-7-15(19(23)24)12(3)25-13/h5-8,20H,9H2,1-4H3,(H,23,24). The quantitative estimate of drug-likeness (QED) is 0.759. The van der Waals surface area contributed by atoms with Gasteiger partial charge in [-0.2, -0.15) is 0 Å². The Morgan fingerprint density at radius 3 is 2.56 bits per heavy atom. The maximum absolute atomic E-state index is 12.7. The number of hydrogen-bond donors (Lipinski definition) is 2. The van der Waals surface area contributed by atoms with Gasteiger partial charge in [0.05, 0.1) is 6.54 Å². The lowest BCUT2D eigenvalue weighted by Gasteiger charge is -2.14. The number of aryl methyl sites for hydroxylation is 3. The number of aromatic nitrogens is 1. The Kier molecular flexibility index (Phi) is 4.12. The Balaban J connectivity index is 1.84. The van der Waals surface area contributed by atoms with Crippen molar-refractivity contribution in [2.75, 3.05) is 7.05 Å². The van der Waals surface area contributed by atoms with Crippen LogP contribution in [0.15, 0.2) is 28.7 Å². The molecule has 0 spiro atoms. The first kappa shape index (κ1) is 16.8. The van der Waals surface area contributed by atoms with Crippen molar-refractivity contribution in [1.29, 1.82) is 0 Å².